The maximum Gasteiger partial charge on any atom is 0.333 e. The molecule has 17 nitrogen and oxygen atoms in total. The van der Waals surface area contributed by atoms with Crippen LogP contribution in [0.3, 0.4) is 0 Å². The number of carbonyl (C=O) groups excluding carboxylic acids is 1. The number of carbonyl (C=O) groups is 1. The summed E-state index contributed by atoms with van der Waals surface area (Å²) in [6.45, 7) is 0.103. The van der Waals surface area contributed by atoms with Gasteiger partial charge in [-0.25, -0.2) is 4.79 Å². The SMILES string of the molecule is C/C=C(\C)C(=O)OC[C@H]1O[C@@H](OC[C@H]2O[C@@H](O[C@@]3(CO)O[C@@H](CO)[C@@H](O)[C@H]3O)[C@@H](O)[C@@H](O)[C@H]2O)[C@@H](O)[C@@H](O)[C@@H]1O. The normalized spacial score (nSPS) is 46.4. The molecule has 0 aromatic rings. The van der Waals surface area contributed by atoms with Crippen LogP contribution in [-0.2, 0) is 33.2 Å². The molecule has 3 fully saturated rings. The van der Waals surface area contributed by atoms with Gasteiger partial charge >= 0.3 is 5.97 Å². The molecule has 14 atom stereocenters. The molecule has 0 aromatic carbocycles. The van der Waals surface area contributed by atoms with E-state index in [0.717, 1.165) is 0 Å². The van der Waals surface area contributed by atoms with Crippen LogP contribution < -0.4 is 0 Å². The van der Waals surface area contributed by atoms with Gasteiger partial charge < -0.3 is 79.5 Å². The lowest BCUT2D eigenvalue weighted by Crippen LogP contribution is -2.63. The van der Waals surface area contributed by atoms with Gasteiger partial charge in [0.2, 0.25) is 5.79 Å². The Morgan fingerprint density at radius 1 is 0.775 bits per heavy atom. The Kier molecular flexibility index (Phi) is 11.4. The van der Waals surface area contributed by atoms with Crippen molar-refractivity contribution in [2.75, 3.05) is 26.4 Å². The molecule has 0 aliphatic carbocycles. The van der Waals surface area contributed by atoms with E-state index in [4.69, 9.17) is 28.4 Å². The Hall–Kier alpha value is -1.39. The highest BCUT2D eigenvalue weighted by atomic mass is 16.8. The molecular weight excluding hydrogens is 548 g/mol. The molecule has 232 valence electrons. The number of aliphatic hydroxyl groups is 10. The van der Waals surface area contributed by atoms with E-state index in [1.54, 1.807) is 6.92 Å². The zero-order valence-corrected chi connectivity index (χ0v) is 21.7. The number of hydrogen-bond donors (Lipinski definition) is 10. The Morgan fingerprint density at radius 2 is 1.32 bits per heavy atom. The molecule has 0 spiro atoms. The first-order valence-corrected chi connectivity index (χ1v) is 12.6. The minimum absolute atomic E-state index is 0.277. The van der Waals surface area contributed by atoms with Gasteiger partial charge in [-0.1, -0.05) is 6.08 Å². The Bertz CT molecular complexity index is 872. The summed E-state index contributed by atoms with van der Waals surface area (Å²) >= 11 is 0. The lowest BCUT2D eigenvalue weighted by Gasteiger charge is -2.44. The van der Waals surface area contributed by atoms with Crippen molar-refractivity contribution in [3.8, 4) is 0 Å². The highest BCUT2D eigenvalue weighted by molar-refractivity contribution is 5.87. The summed E-state index contributed by atoms with van der Waals surface area (Å²) in [5, 5.41) is 101. The van der Waals surface area contributed by atoms with Crippen LogP contribution >= 0.6 is 0 Å². The van der Waals surface area contributed by atoms with Crippen LogP contribution in [0.25, 0.3) is 0 Å². The van der Waals surface area contributed by atoms with E-state index in [9.17, 15) is 55.9 Å². The van der Waals surface area contributed by atoms with Crippen molar-refractivity contribution < 1.29 is 84.3 Å². The van der Waals surface area contributed by atoms with Gasteiger partial charge in [0.15, 0.2) is 12.6 Å². The average Bonchev–Trinajstić information content (AvgIpc) is 3.20. The molecule has 3 aliphatic heterocycles. The van der Waals surface area contributed by atoms with Crippen LogP contribution in [0.1, 0.15) is 13.8 Å². The molecule has 3 rings (SSSR count). The molecule has 0 bridgehead atoms. The third-order valence-electron chi connectivity index (χ3n) is 7.12. The molecule has 40 heavy (non-hydrogen) atoms. The van der Waals surface area contributed by atoms with Crippen molar-refractivity contribution in [3.05, 3.63) is 11.6 Å². The highest BCUT2D eigenvalue weighted by Crippen LogP contribution is 2.36. The van der Waals surface area contributed by atoms with Gasteiger partial charge in [0.25, 0.3) is 0 Å². The van der Waals surface area contributed by atoms with Gasteiger partial charge in [0, 0.05) is 5.57 Å². The van der Waals surface area contributed by atoms with Crippen LogP contribution in [0.4, 0.5) is 0 Å². The number of aliphatic hydroxyl groups excluding tert-OH is 10. The molecule has 0 saturated carbocycles. The maximum atomic E-state index is 11.9. The van der Waals surface area contributed by atoms with Gasteiger partial charge in [0.05, 0.1) is 13.2 Å². The fourth-order valence-electron chi connectivity index (χ4n) is 4.39. The second-order valence-electron chi connectivity index (χ2n) is 9.79. The van der Waals surface area contributed by atoms with E-state index in [-0.39, 0.29) is 5.57 Å². The topological polar surface area (TPSA) is 275 Å². The summed E-state index contributed by atoms with van der Waals surface area (Å²) in [6.07, 6.45) is -20.8. The van der Waals surface area contributed by atoms with E-state index >= 15 is 0 Å². The zero-order valence-electron chi connectivity index (χ0n) is 21.7. The van der Waals surface area contributed by atoms with Gasteiger partial charge in [0.1, 0.15) is 80.4 Å². The van der Waals surface area contributed by atoms with Gasteiger partial charge in [-0.05, 0) is 13.8 Å². The lowest BCUT2D eigenvalue weighted by molar-refractivity contribution is -0.388. The number of ether oxygens (including phenoxy) is 6. The summed E-state index contributed by atoms with van der Waals surface area (Å²) in [5.41, 5.74) is 0.277. The largest absolute Gasteiger partial charge is 0.459 e. The van der Waals surface area contributed by atoms with E-state index < -0.39 is 118 Å². The monoisotopic (exact) mass is 586 g/mol. The maximum absolute atomic E-state index is 11.9. The molecule has 0 unspecified atom stereocenters. The molecule has 3 saturated heterocycles. The van der Waals surface area contributed by atoms with Crippen molar-refractivity contribution in [2.45, 2.75) is 99.4 Å². The van der Waals surface area contributed by atoms with Crippen molar-refractivity contribution in [3.63, 3.8) is 0 Å². The fourth-order valence-corrected chi connectivity index (χ4v) is 4.39. The molecule has 3 heterocycles. The Labute approximate surface area is 228 Å². The second-order valence-corrected chi connectivity index (χ2v) is 9.79. The van der Waals surface area contributed by atoms with Crippen molar-refractivity contribution in [1.82, 2.24) is 0 Å². The Balaban J connectivity index is 1.67. The van der Waals surface area contributed by atoms with Crippen LogP contribution in [0.15, 0.2) is 11.6 Å². The molecule has 0 radical (unpaired) electrons. The lowest BCUT2D eigenvalue weighted by atomic mass is 9.98. The van der Waals surface area contributed by atoms with Crippen LogP contribution in [0.5, 0.6) is 0 Å². The number of rotatable bonds is 10. The molecule has 0 aromatic heterocycles. The quantitative estimate of drug-likeness (QED) is 0.0842. The van der Waals surface area contributed by atoms with Gasteiger partial charge in [-0.15, -0.1) is 0 Å². The minimum Gasteiger partial charge on any atom is -0.459 e. The zero-order chi connectivity index (χ0) is 29.9. The molecule has 0 amide bonds. The minimum atomic E-state index is -2.38. The van der Waals surface area contributed by atoms with Gasteiger partial charge in [-0.2, -0.15) is 0 Å². The second kappa shape index (κ2) is 13.7. The predicted molar refractivity (Wildman–Crippen MR) is 125 cm³/mol. The highest BCUT2D eigenvalue weighted by Gasteiger charge is 2.58. The van der Waals surface area contributed by atoms with Crippen molar-refractivity contribution >= 4 is 5.97 Å². The van der Waals surface area contributed by atoms with E-state index in [1.807, 2.05) is 0 Å². The summed E-state index contributed by atoms with van der Waals surface area (Å²) in [4.78, 5) is 11.9. The van der Waals surface area contributed by atoms with Crippen LogP contribution in [-0.4, -0.2) is 169 Å². The summed E-state index contributed by atoms with van der Waals surface area (Å²) in [5.74, 6) is -3.09. The first-order chi connectivity index (χ1) is 18.8. The van der Waals surface area contributed by atoms with Crippen molar-refractivity contribution in [2.24, 2.45) is 0 Å². The first kappa shape index (κ1) is 33.1. The molecular formula is C23H38O17. The summed E-state index contributed by atoms with van der Waals surface area (Å²) < 4.78 is 32.0. The van der Waals surface area contributed by atoms with Crippen LogP contribution in [0.2, 0.25) is 0 Å². The summed E-state index contributed by atoms with van der Waals surface area (Å²) in [7, 11) is 0. The number of hydrogen-bond acceptors (Lipinski definition) is 17. The number of allylic oxidation sites excluding steroid dienone is 1. The fraction of sp³-hybridized carbons (Fsp3) is 0.870. The van der Waals surface area contributed by atoms with Gasteiger partial charge in [-0.3, -0.25) is 0 Å². The average molecular weight is 587 g/mol. The standard InChI is InChI=1S/C23H38O17/c1-3-8(2)20(34)35-5-10-12(26)15(29)17(31)21(37-10)36-6-11-13(27)16(30)18(32)22(38-11)40-23(7-25)19(33)14(28)9(4-24)39-23/h3,9-19,21-22,24-33H,4-7H2,1-2H3/b8-3+/t9-,10+,11+,12+,13-,14+,15-,16-,17-,18-,19+,21+,22-,23+/m0/s1. The third kappa shape index (κ3) is 6.64. The number of esters is 1. The first-order valence-electron chi connectivity index (χ1n) is 12.6. The van der Waals surface area contributed by atoms with E-state index in [0.29, 0.717) is 0 Å². The van der Waals surface area contributed by atoms with Crippen molar-refractivity contribution in [1.29, 1.82) is 0 Å². The van der Waals surface area contributed by atoms with E-state index in [2.05, 4.69) is 0 Å². The molecule has 17 heteroatoms. The molecule has 3 aliphatic rings. The molecule has 10 N–H and O–H groups in total. The van der Waals surface area contributed by atoms with E-state index in [1.165, 1.54) is 13.0 Å². The smallest absolute Gasteiger partial charge is 0.333 e. The summed E-state index contributed by atoms with van der Waals surface area (Å²) in [6, 6.07) is 0. The Morgan fingerprint density at radius 3 is 1.85 bits per heavy atom. The van der Waals surface area contributed by atoms with Crippen LogP contribution in [0, 0.1) is 0 Å². The third-order valence-corrected chi connectivity index (χ3v) is 7.12. The predicted octanol–water partition coefficient (Wildman–Crippen LogP) is -6.05.